The van der Waals surface area contributed by atoms with E-state index < -0.39 is 0 Å². The Morgan fingerprint density at radius 2 is 2.16 bits per heavy atom. The van der Waals surface area contributed by atoms with E-state index >= 15 is 0 Å². The van der Waals surface area contributed by atoms with Crippen molar-refractivity contribution < 1.29 is 4.39 Å². The van der Waals surface area contributed by atoms with Crippen molar-refractivity contribution in [2.75, 3.05) is 12.0 Å². The van der Waals surface area contributed by atoms with Crippen molar-refractivity contribution in [3.63, 3.8) is 0 Å². The zero-order chi connectivity index (χ0) is 14.0. The molecule has 0 aliphatic carbocycles. The Hall–Kier alpha value is -1.07. The minimum absolute atomic E-state index is 0.106. The Morgan fingerprint density at radius 1 is 1.42 bits per heavy atom. The van der Waals surface area contributed by atoms with Crippen LogP contribution in [-0.4, -0.2) is 21.6 Å². The summed E-state index contributed by atoms with van der Waals surface area (Å²) in [6.07, 6.45) is 2.94. The molecule has 0 aliphatic rings. The highest BCUT2D eigenvalue weighted by Gasteiger charge is 2.18. The lowest BCUT2D eigenvalue weighted by molar-refractivity contribution is 0.535. The van der Waals surface area contributed by atoms with E-state index in [1.807, 2.05) is 4.57 Å². The molecule has 1 atom stereocenters. The molecule has 1 unspecified atom stereocenters. The molecule has 1 aromatic heterocycles. The van der Waals surface area contributed by atoms with Gasteiger partial charge in [0, 0.05) is 6.04 Å². The van der Waals surface area contributed by atoms with Crippen LogP contribution in [0.1, 0.15) is 38.2 Å². The van der Waals surface area contributed by atoms with Gasteiger partial charge in [-0.1, -0.05) is 0 Å². The van der Waals surface area contributed by atoms with Crippen molar-refractivity contribution in [2.45, 2.75) is 32.4 Å². The molecule has 2 rings (SSSR count). The predicted octanol–water partition coefficient (Wildman–Crippen LogP) is 3.51. The number of fused-ring (bicyclic) bond motifs is 1. The molecule has 0 saturated heterocycles. The molecular formula is C14H20FN3S. The van der Waals surface area contributed by atoms with Crippen LogP contribution < -0.4 is 5.73 Å². The van der Waals surface area contributed by atoms with Crippen LogP contribution in [0.5, 0.6) is 0 Å². The van der Waals surface area contributed by atoms with Crippen LogP contribution in [0.15, 0.2) is 18.2 Å². The molecule has 0 bridgehead atoms. The first kappa shape index (κ1) is 14.3. The molecule has 3 nitrogen and oxygen atoms in total. The average Bonchev–Trinajstić information content (AvgIpc) is 2.74. The molecule has 0 aliphatic heterocycles. The number of halogens is 1. The van der Waals surface area contributed by atoms with Crippen LogP contribution in [0.4, 0.5) is 4.39 Å². The van der Waals surface area contributed by atoms with E-state index in [-0.39, 0.29) is 17.9 Å². The summed E-state index contributed by atoms with van der Waals surface area (Å²) in [5.74, 6) is 1.61. The molecule has 0 radical (unpaired) electrons. The molecule has 0 amide bonds. The Labute approximate surface area is 117 Å². The minimum atomic E-state index is -0.237. The third-order valence-corrected chi connectivity index (χ3v) is 3.80. The summed E-state index contributed by atoms with van der Waals surface area (Å²) in [5, 5.41) is 0. The molecular weight excluding hydrogens is 261 g/mol. The first-order valence-corrected chi connectivity index (χ1v) is 7.86. The number of thioether (sulfide) groups is 1. The van der Waals surface area contributed by atoms with Gasteiger partial charge in [0.05, 0.1) is 17.1 Å². The normalized spacial score (nSPS) is 13.4. The van der Waals surface area contributed by atoms with E-state index in [0.29, 0.717) is 0 Å². The van der Waals surface area contributed by atoms with Crippen LogP contribution in [0, 0.1) is 5.82 Å². The van der Waals surface area contributed by atoms with Crippen LogP contribution in [0.2, 0.25) is 0 Å². The number of imidazole rings is 1. The second-order valence-electron chi connectivity index (χ2n) is 4.95. The highest BCUT2D eigenvalue weighted by molar-refractivity contribution is 7.98. The van der Waals surface area contributed by atoms with Gasteiger partial charge in [-0.15, -0.1) is 0 Å². The molecule has 0 spiro atoms. The smallest absolute Gasteiger partial charge is 0.127 e. The average molecular weight is 281 g/mol. The van der Waals surface area contributed by atoms with Gasteiger partial charge >= 0.3 is 0 Å². The van der Waals surface area contributed by atoms with Crippen molar-refractivity contribution in [2.24, 2.45) is 5.73 Å². The van der Waals surface area contributed by atoms with Crippen molar-refractivity contribution in [1.29, 1.82) is 0 Å². The molecule has 5 heteroatoms. The number of benzene rings is 1. The Balaban J connectivity index is 2.50. The third-order valence-electron chi connectivity index (χ3n) is 3.16. The van der Waals surface area contributed by atoms with Gasteiger partial charge in [0.2, 0.25) is 0 Å². The van der Waals surface area contributed by atoms with E-state index in [1.54, 1.807) is 17.8 Å². The maximum Gasteiger partial charge on any atom is 0.127 e. The first-order valence-electron chi connectivity index (χ1n) is 6.46. The topological polar surface area (TPSA) is 43.8 Å². The second-order valence-corrected chi connectivity index (χ2v) is 5.94. The van der Waals surface area contributed by atoms with Crippen LogP contribution in [-0.2, 0) is 0 Å². The maximum absolute atomic E-state index is 13.4. The minimum Gasteiger partial charge on any atom is -0.324 e. The molecule has 0 fully saturated rings. The SMILES string of the molecule is CSCCC(N)c1nc2ccc(F)cc2n1C(C)C. The van der Waals surface area contributed by atoms with Crippen molar-refractivity contribution in [3.8, 4) is 0 Å². The number of nitrogens with zero attached hydrogens (tertiary/aromatic N) is 2. The second kappa shape index (κ2) is 5.92. The van der Waals surface area contributed by atoms with E-state index in [0.717, 1.165) is 29.0 Å². The van der Waals surface area contributed by atoms with Crippen molar-refractivity contribution in [1.82, 2.24) is 9.55 Å². The number of hydrogen-bond donors (Lipinski definition) is 1. The highest BCUT2D eigenvalue weighted by atomic mass is 32.2. The maximum atomic E-state index is 13.4. The standard InChI is InChI=1S/C14H20FN3S/c1-9(2)18-13-8-10(15)4-5-12(13)17-14(18)11(16)6-7-19-3/h4-5,8-9,11H,6-7,16H2,1-3H3. The summed E-state index contributed by atoms with van der Waals surface area (Å²) >= 11 is 1.77. The van der Waals surface area contributed by atoms with Gasteiger partial charge in [-0.2, -0.15) is 11.8 Å². The quantitative estimate of drug-likeness (QED) is 0.912. The summed E-state index contributed by atoms with van der Waals surface area (Å²) in [6.45, 7) is 4.13. The molecule has 1 heterocycles. The number of hydrogen-bond acceptors (Lipinski definition) is 3. The van der Waals surface area contributed by atoms with E-state index in [9.17, 15) is 4.39 Å². The molecule has 104 valence electrons. The number of rotatable bonds is 5. The number of nitrogens with two attached hydrogens (primary N) is 1. The van der Waals surface area contributed by atoms with Crippen LogP contribution >= 0.6 is 11.8 Å². The summed E-state index contributed by atoms with van der Waals surface area (Å²) in [6, 6.07) is 4.80. The molecule has 1 aromatic carbocycles. The Bertz CT molecular complexity index is 565. The summed E-state index contributed by atoms with van der Waals surface area (Å²) in [4.78, 5) is 4.59. The van der Waals surface area contributed by atoms with Gasteiger partial charge in [-0.3, -0.25) is 0 Å². The lowest BCUT2D eigenvalue weighted by atomic mass is 10.2. The summed E-state index contributed by atoms with van der Waals surface area (Å²) in [5.41, 5.74) is 7.86. The summed E-state index contributed by atoms with van der Waals surface area (Å²) in [7, 11) is 0. The third kappa shape index (κ3) is 2.92. The van der Waals surface area contributed by atoms with Gasteiger partial charge in [0.25, 0.3) is 0 Å². The monoisotopic (exact) mass is 281 g/mol. The van der Waals surface area contributed by atoms with E-state index in [2.05, 4.69) is 25.1 Å². The zero-order valence-electron chi connectivity index (χ0n) is 11.6. The van der Waals surface area contributed by atoms with E-state index in [1.165, 1.54) is 12.1 Å². The molecule has 2 aromatic rings. The zero-order valence-corrected chi connectivity index (χ0v) is 12.4. The lowest BCUT2D eigenvalue weighted by Gasteiger charge is -2.17. The van der Waals surface area contributed by atoms with Gasteiger partial charge in [-0.25, -0.2) is 9.37 Å². The van der Waals surface area contributed by atoms with Crippen LogP contribution in [0.3, 0.4) is 0 Å². The largest absolute Gasteiger partial charge is 0.324 e. The Morgan fingerprint density at radius 3 is 2.79 bits per heavy atom. The molecule has 19 heavy (non-hydrogen) atoms. The Kier molecular flexibility index (Phi) is 4.47. The number of aromatic nitrogens is 2. The van der Waals surface area contributed by atoms with Crippen LogP contribution in [0.25, 0.3) is 11.0 Å². The highest BCUT2D eigenvalue weighted by Crippen LogP contribution is 2.26. The van der Waals surface area contributed by atoms with E-state index in [4.69, 9.17) is 5.73 Å². The molecule has 2 N–H and O–H groups in total. The fourth-order valence-electron chi connectivity index (χ4n) is 2.26. The fraction of sp³-hybridized carbons (Fsp3) is 0.500. The molecule has 0 saturated carbocycles. The van der Waals surface area contributed by atoms with Gasteiger partial charge < -0.3 is 10.3 Å². The van der Waals surface area contributed by atoms with Gasteiger partial charge in [0.15, 0.2) is 0 Å². The fourth-order valence-corrected chi connectivity index (χ4v) is 2.75. The van der Waals surface area contributed by atoms with Crippen molar-refractivity contribution in [3.05, 3.63) is 29.8 Å². The van der Waals surface area contributed by atoms with Gasteiger partial charge in [-0.05, 0) is 50.5 Å². The summed E-state index contributed by atoms with van der Waals surface area (Å²) < 4.78 is 15.5. The van der Waals surface area contributed by atoms with Crippen molar-refractivity contribution >= 4 is 22.8 Å². The van der Waals surface area contributed by atoms with Gasteiger partial charge in [0.1, 0.15) is 11.6 Å². The lowest BCUT2D eigenvalue weighted by Crippen LogP contribution is -2.18. The predicted molar refractivity (Wildman–Crippen MR) is 80.0 cm³/mol. The first-order chi connectivity index (χ1) is 9.04.